The molecule has 0 unspecified atom stereocenters. The van der Waals surface area contributed by atoms with E-state index in [1.807, 2.05) is 0 Å². The first-order valence-corrected chi connectivity index (χ1v) is 5.98. The van der Waals surface area contributed by atoms with Crippen molar-refractivity contribution < 1.29 is 0 Å². The Morgan fingerprint density at radius 2 is 2.43 bits per heavy atom. The fourth-order valence-electron chi connectivity index (χ4n) is 1.34. The summed E-state index contributed by atoms with van der Waals surface area (Å²) >= 11 is 1.71. The molecule has 3 nitrogen and oxygen atoms in total. The van der Waals surface area contributed by atoms with Gasteiger partial charge >= 0.3 is 0 Å². The average Bonchev–Trinajstić information content (AvgIpc) is 2.74. The lowest BCUT2D eigenvalue weighted by Gasteiger charge is -2.08. The molecule has 0 spiro atoms. The molecule has 0 amide bonds. The molecular weight excluding hydrogens is 194 g/mol. The molecule has 1 aromatic rings. The van der Waals surface area contributed by atoms with E-state index in [-0.39, 0.29) is 0 Å². The van der Waals surface area contributed by atoms with E-state index in [4.69, 9.17) is 5.73 Å². The molecule has 1 aliphatic rings. The van der Waals surface area contributed by atoms with Crippen LogP contribution in [0, 0.1) is 0 Å². The molecule has 0 aliphatic heterocycles. The predicted molar refractivity (Wildman–Crippen MR) is 59.4 cm³/mol. The quantitative estimate of drug-likeness (QED) is 0.771. The van der Waals surface area contributed by atoms with Gasteiger partial charge in [0.05, 0.1) is 10.7 Å². The SMILES string of the molecule is CC1(NCc2csc(CCN)n2)CC1. The van der Waals surface area contributed by atoms with E-state index in [0.717, 1.165) is 23.7 Å². The highest BCUT2D eigenvalue weighted by Gasteiger charge is 2.36. The lowest BCUT2D eigenvalue weighted by Crippen LogP contribution is -2.27. The third-order valence-corrected chi connectivity index (χ3v) is 3.61. The molecule has 1 fully saturated rings. The second kappa shape index (κ2) is 3.96. The van der Waals surface area contributed by atoms with Gasteiger partial charge in [-0.15, -0.1) is 11.3 Å². The van der Waals surface area contributed by atoms with Crippen LogP contribution in [0.5, 0.6) is 0 Å². The van der Waals surface area contributed by atoms with E-state index in [1.54, 1.807) is 11.3 Å². The van der Waals surface area contributed by atoms with Crippen molar-refractivity contribution in [3.63, 3.8) is 0 Å². The van der Waals surface area contributed by atoms with Gasteiger partial charge in [0.1, 0.15) is 0 Å². The molecule has 78 valence electrons. The number of nitrogens with one attached hydrogen (secondary N) is 1. The van der Waals surface area contributed by atoms with Gasteiger partial charge < -0.3 is 11.1 Å². The van der Waals surface area contributed by atoms with E-state index >= 15 is 0 Å². The minimum Gasteiger partial charge on any atom is -0.330 e. The Balaban J connectivity index is 1.83. The van der Waals surface area contributed by atoms with Crippen LogP contribution < -0.4 is 11.1 Å². The summed E-state index contributed by atoms with van der Waals surface area (Å²) in [6, 6.07) is 0. The molecule has 1 aliphatic carbocycles. The number of hydrogen-bond donors (Lipinski definition) is 2. The maximum atomic E-state index is 5.47. The molecular formula is C10H17N3S. The smallest absolute Gasteiger partial charge is 0.0941 e. The van der Waals surface area contributed by atoms with Gasteiger partial charge in [-0.05, 0) is 26.3 Å². The second-order valence-electron chi connectivity index (χ2n) is 4.19. The maximum absolute atomic E-state index is 5.47. The van der Waals surface area contributed by atoms with E-state index in [1.165, 1.54) is 12.8 Å². The van der Waals surface area contributed by atoms with E-state index in [9.17, 15) is 0 Å². The van der Waals surface area contributed by atoms with Crippen LogP contribution in [-0.2, 0) is 13.0 Å². The first-order valence-electron chi connectivity index (χ1n) is 5.10. The van der Waals surface area contributed by atoms with Gasteiger partial charge in [0.15, 0.2) is 0 Å². The Morgan fingerprint density at radius 1 is 1.64 bits per heavy atom. The topological polar surface area (TPSA) is 50.9 Å². The highest BCUT2D eigenvalue weighted by atomic mass is 32.1. The number of hydrogen-bond acceptors (Lipinski definition) is 4. The summed E-state index contributed by atoms with van der Waals surface area (Å²) in [7, 11) is 0. The number of nitrogens with two attached hydrogens (primary N) is 1. The lowest BCUT2D eigenvalue weighted by molar-refractivity contribution is 0.532. The van der Waals surface area contributed by atoms with Crippen molar-refractivity contribution in [1.29, 1.82) is 0 Å². The van der Waals surface area contributed by atoms with Crippen molar-refractivity contribution in [2.24, 2.45) is 5.73 Å². The fourth-order valence-corrected chi connectivity index (χ4v) is 2.15. The summed E-state index contributed by atoms with van der Waals surface area (Å²) in [5.74, 6) is 0. The molecule has 1 heterocycles. The zero-order chi connectivity index (χ0) is 10.0. The van der Waals surface area contributed by atoms with Crippen LogP contribution in [-0.4, -0.2) is 17.1 Å². The monoisotopic (exact) mass is 211 g/mol. The molecule has 2 rings (SSSR count). The summed E-state index contributed by atoms with van der Waals surface area (Å²) in [5.41, 5.74) is 7.03. The number of rotatable bonds is 5. The van der Waals surface area contributed by atoms with Crippen molar-refractivity contribution in [3.8, 4) is 0 Å². The van der Waals surface area contributed by atoms with Crippen LogP contribution >= 0.6 is 11.3 Å². The Morgan fingerprint density at radius 3 is 3.07 bits per heavy atom. The molecule has 3 N–H and O–H groups in total. The van der Waals surface area contributed by atoms with Crippen LogP contribution in [0.1, 0.15) is 30.5 Å². The second-order valence-corrected chi connectivity index (χ2v) is 5.13. The Hall–Kier alpha value is -0.450. The van der Waals surface area contributed by atoms with Gasteiger partial charge in [-0.3, -0.25) is 0 Å². The fraction of sp³-hybridized carbons (Fsp3) is 0.700. The molecule has 14 heavy (non-hydrogen) atoms. The Labute approximate surface area is 88.7 Å². The molecule has 0 radical (unpaired) electrons. The van der Waals surface area contributed by atoms with Crippen LogP contribution in [0.15, 0.2) is 5.38 Å². The third-order valence-electron chi connectivity index (χ3n) is 2.65. The number of aromatic nitrogens is 1. The Kier molecular flexibility index (Phi) is 2.85. The van der Waals surface area contributed by atoms with Gasteiger partial charge in [-0.25, -0.2) is 4.98 Å². The molecule has 0 atom stereocenters. The Bertz CT molecular complexity index is 304. The van der Waals surface area contributed by atoms with Gasteiger partial charge in [0, 0.05) is 23.9 Å². The molecule has 0 aromatic carbocycles. The maximum Gasteiger partial charge on any atom is 0.0941 e. The minimum atomic E-state index is 0.400. The minimum absolute atomic E-state index is 0.400. The average molecular weight is 211 g/mol. The van der Waals surface area contributed by atoms with Crippen molar-refractivity contribution in [2.45, 2.75) is 38.3 Å². The zero-order valence-electron chi connectivity index (χ0n) is 8.55. The van der Waals surface area contributed by atoms with Crippen molar-refractivity contribution in [1.82, 2.24) is 10.3 Å². The number of nitrogens with zero attached hydrogens (tertiary/aromatic N) is 1. The first kappa shape index (κ1) is 10.1. The highest BCUT2D eigenvalue weighted by molar-refractivity contribution is 7.09. The lowest BCUT2D eigenvalue weighted by atomic mass is 10.3. The van der Waals surface area contributed by atoms with Gasteiger partial charge in [0.25, 0.3) is 0 Å². The first-order chi connectivity index (χ1) is 6.72. The standard InChI is InChI=1S/C10H17N3S/c1-10(3-4-10)12-6-8-7-14-9(13-8)2-5-11/h7,12H,2-6,11H2,1H3. The van der Waals surface area contributed by atoms with E-state index < -0.39 is 0 Å². The van der Waals surface area contributed by atoms with Crippen LogP contribution in [0.2, 0.25) is 0 Å². The van der Waals surface area contributed by atoms with Gasteiger partial charge in [-0.2, -0.15) is 0 Å². The molecule has 0 bridgehead atoms. The van der Waals surface area contributed by atoms with Crippen molar-refractivity contribution in [3.05, 3.63) is 16.1 Å². The van der Waals surface area contributed by atoms with Crippen LogP contribution in [0.4, 0.5) is 0 Å². The highest BCUT2D eigenvalue weighted by Crippen LogP contribution is 2.34. The molecule has 1 saturated carbocycles. The summed E-state index contributed by atoms with van der Waals surface area (Å²) in [6.07, 6.45) is 3.50. The van der Waals surface area contributed by atoms with Crippen molar-refractivity contribution >= 4 is 11.3 Å². The number of thiazole rings is 1. The summed E-state index contributed by atoms with van der Waals surface area (Å²) < 4.78 is 0. The largest absolute Gasteiger partial charge is 0.330 e. The predicted octanol–water partition coefficient (Wildman–Crippen LogP) is 1.29. The van der Waals surface area contributed by atoms with Crippen LogP contribution in [0.25, 0.3) is 0 Å². The van der Waals surface area contributed by atoms with Crippen molar-refractivity contribution in [2.75, 3.05) is 6.54 Å². The van der Waals surface area contributed by atoms with Gasteiger partial charge in [-0.1, -0.05) is 0 Å². The van der Waals surface area contributed by atoms with Crippen LogP contribution in [0.3, 0.4) is 0 Å². The zero-order valence-corrected chi connectivity index (χ0v) is 9.36. The normalized spacial score (nSPS) is 18.4. The summed E-state index contributed by atoms with van der Waals surface area (Å²) in [5, 5.41) is 6.80. The van der Waals surface area contributed by atoms with E-state index in [2.05, 4.69) is 22.6 Å². The molecule has 4 heteroatoms. The van der Waals surface area contributed by atoms with E-state index in [0.29, 0.717) is 12.1 Å². The van der Waals surface area contributed by atoms with Gasteiger partial charge in [0.2, 0.25) is 0 Å². The summed E-state index contributed by atoms with van der Waals surface area (Å²) in [6.45, 7) is 3.86. The molecule has 1 aromatic heterocycles. The third kappa shape index (κ3) is 2.53. The molecule has 0 saturated heterocycles. The summed E-state index contributed by atoms with van der Waals surface area (Å²) in [4.78, 5) is 4.51.